The van der Waals surface area contributed by atoms with Gasteiger partial charge in [0.15, 0.2) is 0 Å². The molecule has 3 N–H and O–H groups in total. The Kier molecular flexibility index (Phi) is 2.76. The maximum atomic E-state index is 12.9. The predicted molar refractivity (Wildman–Crippen MR) is 43.7 cm³/mol. The number of hydrogen-bond acceptors (Lipinski definition) is 3. The van der Waals surface area contributed by atoms with Gasteiger partial charge in [0.2, 0.25) is 0 Å². The molecule has 0 radical (unpaired) electrons. The van der Waals surface area contributed by atoms with Crippen LogP contribution in [0.25, 0.3) is 0 Å². The molecule has 1 atom stereocenters. The molecule has 1 unspecified atom stereocenters. The van der Waals surface area contributed by atoms with Crippen molar-refractivity contribution in [1.82, 2.24) is 4.98 Å². The lowest BCUT2D eigenvalue weighted by Crippen LogP contribution is -2.40. The number of aromatic nitrogens is 1. The number of hydrogen-bond donors (Lipinski definition) is 2. The molecule has 14 heavy (non-hydrogen) atoms. The lowest BCUT2D eigenvalue weighted by molar-refractivity contribution is -0.168. The van der Waals surface area contributed by atoms with Crippen LogP contribution in [0.1, 0.15) is 11.7 Å². The van der Waals surface area contributed by atoms with E-state index in [1.54, 1.807) is 0 Å². The van der Waals surface area contributed by atoms with Gasteiger partial charge in [0, 0.05) is 6.20 Å². The van der Waals surface area contributed by atoms with E-state index >= 15 is 0 Å². The van der Waals surface area contributed by atoms with Crippen LogP contribution < -0.4 is 5.73 Å². The van der Waals surface area contributed by atoms with E-state index < -0.39 is 17.9 Å². The van der Waals surface area contributed by atoms with Crippen molar-refractivity contribution in [3.8, 4) is 0 Å². The van der Waals surface area contributed by atoms with Gasteiger partial charge in [-0.25, -0.2) is 4.79 Å². The van der Waals surface area contributed by atoms with Gasteiger partial charge in [0.1, 0.15) is 6.04 Å². The van der Waals surface area contributed by atoms with Crippen molar-refractivity contribution in [2.75, 3.05) is 0 Å². The van der Waals surface area contributed by atoms with Crippen LogP contribution in [0.2, 0.25) is 0 Å². The summed E-state index contributed by atoms with van der Waals surface area (Å²) in [7, 11) is 0. The molecule has 1 rings (SSSR count). The maximum Gasteiger partial charge on any atom is 0.376 e. The summed E-state index contributed by atoms with van der Waals surface area (Å²) >= 11 is 0. The highest BCUT2D eigenvalue weighted by molar-refractivity contribution is 5.76. The van der Waals surface area contributed by atoms with Crippen molar-refractivity contribution in [2.45, 2.75) is 12.0 Å². The number of carbonyl (C=O) groups is 1. The Morgan fingerprint density at radius 3 is 2.64 bits per heavy atom. The van der Waals surface area contributed by atoms with Crippen LogP contribution in [0.4, 0.5) is 8.78 Å². The topological polar surface area (TPSA) is 76.2 Å². The number of carboxylic acid groups (broad SMARTS) is 1. The normalized spacial score (nSPS) is 13.6. The van der Waals surface area contributed by atoms with Gasteiger partial charge in [-0.3, -0.25) is 4.98 Å². The molecule has 0 spiro atoms. The Hall–Kier alpha value is -1.56. The third-order valence-corrected chi connectivity index (χ3v) is 1.68. The number of alkyl halides is 2. The molecule has 0 aromatic carbocycles. The fourth-order valence-corrected chi connectivity index (χ4v) is 0.879. The molecule has 0 saturated heterocycles. The van der Waals surface area contributed by atoms with E-state index in [-0.39, 0.29) is 5.69 Å². The van der Waals surface area contributed by atoms with Crippen molar-refractivity contribution in [2.24, 2.45) is 5.73 Å². The summed E-state index contributed by atoms with van der Waals surface area (Å²) in [5.41, 5.74) is 4.93. The second-order valence-corrected chi connectivity index (χ2v) is 2.66. The number of halogens is 2. The van der Waals surface area contributed by atoms with Crippen molar-refractivity contribution in [3.63, 3.8) is 0 Å². The SMILES string of the molecule is NC(c1ccccn1)C(F)(F)C(=O)O. The number of carboxylic acids is 1. The number of nitrogens with zero attached hydrogens (tertiary/aromatic N) is 1. The highest BCUT2D eigenvalue weighted by Crippen LogP contribution is 2.27. The monoisotopic (exact) mass is 202 g/mol. The van der Waals surface area contributed by atoms with Crippen molar-refractivity contribution >= 4 is 5.97 Å². The molecule has 1 heterocycles. The van der Waals surface area contributed by atoms with E-state index in [2.05, 4.69) is 4.98 Å². The molecule has 0 aliphatic carbocycles. The third kappa shape index (κ3) is 1.85. The first-order valence-corrected chi connectivity index (χ1v) is 3.74. The van der Waals surface area contributed by atoms with Crippen molar-refractivity contribution in [1.29, 1.82) is 0 Å². The van der Waals surface area contributed by atoms with Crippen LogP contribution in [0.3, 0.4) is 0 Å². The maximum absolute atomic E-state index is 12.9. The molecule has 76 valence electrons. The minimum Gasteiger partial charge on any atom is -0.477 e. The number of aliphatic carboxylic acids is 1. The lowest BCUT2D eigenvalue weighted by atomic mass is 10.1. The second-order valence-electron chi connectivity index (χ2n) is 2.66. The van der Waals surface area contributed by atoms with E-state index in [9.17, 15) is 13.6 Å². The summed E-state index contributed by atoms with van der Waals surface area (Å²) in [6, 6.07) is 2.30. The Morgan fingerprint density at radius 1 is 1.57 bits per heavy atom. The van der Waals surface area contributed by atoms with Crippen LogP contribution in [-0.4, -0.2) is 22.0 Å². The molecule has 0 fully saturated rings. The zero-order valence-corrected chi connectivity index (χ0v) is 7.02. The summed E-state index contributed by atoms with van der Waals surface area (Å²) in [6.07, 6.45) is 1.27. The van der Waals surface area contributed by atoms with E-state index in [0.29, 0.717) is 0 Å². The van der Waals surface area contributed by atoms with Crippen LogP contribution in [-0.2, 0) is 4.79 Å². The third-order valence-electron chi connectivity index (χ3n) is 1.68. The Labute approximate surface area is 78.4 Å². The van der Waals surface area contributed by atoms with Crippen molar-refractivity contribution in [3.05, 3.63) is 30.1 Å². The Balaban J connectivity index is 2.96. The van der Waals surface area contributed by atoms with Crippen LogP contribution in [0.15, 0.2) is 24.4 Å². The zero-order chi connectivity index (χ0) is 10.8. The predicted octanol–water partition coefficient (Wildman–Crippen LogP) is 0.801. The largest absolute Gasteiger partial charge is 0.477 e. The van der Waals surface area contributed by atoms with E-state index in [4.69, 9.17) is 10.8 Å². The van der Waals surface area contributed by atoms with Gasteiger partial charge in [-0.05, 0) is 12.1 Å². The second kappa shape index (κ2) is 3.67. The van der Waals surface area contributed by atoms with Crippen LogP contribution >= 0.6 is 0 Å². The average molecular weight is 202 g/mol. The summed E-state index contributed by atoms with van der Waals surface area (Å²) < 4.78 is 25.7. The average Bonchev–Trinajstić information content (AvgIpc) is 2.17. The summed E-state index contributed by atoms with van der Waals surface area (Å²) in [5.74, 6) is -6.26. The Morgan fingerprint density at radius 2 is 2.21 bits per heavy atom. The fraction of sp³-hybridized carbons (Fsp3) is 0.250. The lowest BCUT2D eigenvalue weighted by Gasteiger charge is -2.18. The molecule has 0 aliphatic heterocycles. The zero-order valence-electron chi connectivity index (χ0n) is 7.02. The first-order chi connectivity index (χ1) is 6.46. The van der Waals surface area contributed by atoms with Gasteiger partial charge in [-0.15, -0.1) is 0 Å². The molecule has 0 saturated carbocycles. The van der Waals surface area contributed by atoms with E-state index in [1.165, 1.54) is 24.4 Å². The first kappa shape index (κ1) is 10.5. The molecule has 6 heteroatoms. The number of rotatable bonds is 3. The van der Waals surface area contributed by atoms with E-state index in [0.717, 1.165) is 0 Å². The van der Waals surface area contributed by atoms with Crippen molar-refractivity contribution < 1.29 is 18.7 Å². The molecular weight excluding hydrogens is 194 g/mol. The first-order valence-electron chi connectivity index (χ1n) is 3.74. The molecule has 1 aromatic heterocycles. The van der Waals surface area contributed by atoms with E-state index in [1.807, 2.05) is 0 Å². The van der Waals surface area contributed by atoms with Gasteiger partial charge in [-0.1, -0.05) is 6.07 Å². The van der Waals surface area contributed by atoms with Crippen LogP contribution in [0, 0.1) is 0 Å². The molecule has 0 aliphatic rings. The standard InChI is InChI=1S/C8H8F2N2O2/c9-8(10,7(13)14)6(11)5-3-1-2-4-12-5/h1-4,6H,11H2,(H,13,14). The van der Waals surface area contributed by atoms with Gasteiger partial charge >= 0.3 is 11.9 Å². The highest BCUT2D eigenvalue weighted by atomic mass is 19.3. The summed E-state index contributed by atoms with van der Waals surface area (Å²) in [5, 5.41) is 8.22. The number of nitrogens with two attached hydrogens (primary N) is 1. The molecule has 0 bridgehead atoms. The van der Waals surface area contributed by atoms with Gasteiger partial charge < -0.3 is 10.8 Å². The molecule has 4 nitrogen and oxygen atoms in total. The quantitative estimate of drug-likeness (QED) is 0.760. The summed E-state index contributed by atoms with van der Waals surface area (Å²) in [6.45, 7) is 0. The molecule has 1 aromatic rings. The van der Waals surface area contributed by atoms with Gasteiger partial charge in [-0.2, -0.15) is 8.78 Å². The minimum atomic E-state index is -4.01. The summed E-state index contributed by atoms with van der Waals surface area (Å²) in [4.78, 5) is 13.7. The fourth-order valence-electron chi connectivity index (χ4n) is 0.879. The molecular formula is C8H8F2N2O2. The Bertz CT molecular complexity index is 329. The number of pyridine rings is 1. The molecule has 0 amide bonds. The minimum absolute atomic E-state index is 0.153. The highest BCUT2D eigenvalue weighted by Gasteiger charge is 2.47. The smallest absolute Gasteiger partial charge is 0.376 e. The van der Waals surface area contributed by atoms with Gasteiger partial charge in [0.25, 0.3) is 0 Å². The van der Waals surface area contributed by atoms with Crippen LogP contribution in [0.5, 0.6) is 0 Å². The van der Waals surface area contributed by atoms with Gasteiger partial charge in [0.05, 0.1) is 5.69 Å².